The summed E-state index contributed by atoms with van der Waals surface area (Å²) in [6.45, 7) is 6.13. The summed E-state index contributed by atoms with van der Waals surface area (Å²) in [5.41, 5.74) is 0.669. The van der Waals surface area contributed by atoms with Gasteiger partial charge >= 0.3 is 0 Å². The Hall–Kier alpha value is -0.860. The number of hydrogen-bond acceptors (Lipinski definition) is 2. The van der Waals surface area contributed by atoms with E-state index in [0.29, 0.717) is 0 Å². The Morgan fingerprint density at radius 2 is 1.72 bits per heavy atom. The highest BCUT2D eigenvalue weighted by Gasteiger charge is 2.32. The van der Waals surface area contributed by atoms with Crippen LogP contribution < -0.4 is 0 Å². The minimum absolute atomic E-state index is 0.222. The molecule has 2 nitrogen and oxygen atoms in total. The van der Waals surface area contributed by atoms with Crippen molar-refractivity contribution in [3.8, 4) is 0 Å². The molecule has 0 unspecified atom stereocenters. The van der Waals surface area contributed by atoms with E-state index in [9.17, 15) is 5.11 Å². The maximum absolute atomic E-state index is 10.4. The van der Waals surface area contributed by atoms with Gasteiger partial charge in [-0.05, 0) is 51.8 Å². The average molecular weight is 247 g/mol. The smallest absolute Gasteiger partial charge is 0.0749 e. The number of likely N-dealkylation sites (tertiary alicyclic amines) is 1. The lowest BCUT2D eigenvalue weighted by atomic mass is 9.89. The van der Waals surface area contributed by atoms with E-state index in [0.717, 1.165) is 19.5 Å². The van der Waals surface area contributed by atoms with Crippen LogP contribution in [0.3, 0.4) is 0 Å². The largest absolute Gasteiger partial charge is 0.389 e. The van der Waals surface area contributed by atoms with Crippen molar-refractivity contribution in [3.63, 3.8) is 0 Å². The second kappa shape index (κ2) is 5.85. The minimum atomic E-state index is -0.646. The van der Waals surface area contributed by atoms with E-state index in [1.165, 1.54) is 24.8 Å². The molecule has 0 saturated carbocycles. The lowest BCUT2D eigenvalue weighted by Crippen LogP contribution is -2.52. The maximum Gasteiger partial charge on any atom is 0.0749 e. The monoisotopic (exact) mass is 247 g/mol. The predicted molar refractivity (Wildman–Crippen MR) is 75.7 cm³/mol. The predicted octanol–water partition coefficient (Wildman–Crippen LogP) is 2.85. The summed E-state index contributed by atoms with van der Waals surface area (Å²) in [5, 5.41) is 10.4. The van der Waals surface area contributed by atoms with Crippen LogP contribution in [-0.4, -0.2) is 34.7 Å². The van der Waals surface area contributed by atoms with Gasteiger partial charge in [-0.15, -0.1) is 0 Å². The number of aliphatic hydroxyl groups is 1. The average Bonchev–Trinajstić information content (AvgIpc) is 2.37. The van der Waals surface area contributed by atoms with Gasteiger partial charge in [-0.1, -0.05) is 36.8 Å². The third-order valence-corrected chi connectivity index (χ3v) is 3.92. The molecule has 2 rings (SSSR count). The molecule has 1 aliphatic heterocycles. The van der Waals surface area contributed by atoms with Gasteiger partial charge in [-0.3, -0.25) is 4.90 Å². The van der Waals surface area contributed by atoms with Crippen molar-refractivity contribution < 1.29 is 5.11 Å². The molecule has 1 aromatic rings. The topological polar surface area (TPSA) is 23.5 Å². The van der Waals surface area contributed by atoms with Crippen LogP contribution in [0.4, 0.5) is 0 Å². The molecule has 2 heteroatoms. The summed E-state index contributed by atoms with van der Waals surface area (Å²) >= 11 is 0. The summed E-state index contributed by atoms with van der Waals surface area (Å²) in [6.07, 6.45) is 4.80. The Labute approximate surface area is 111 Å². The molecule has 0 spiro atoms. The zero-order chi connectivity index (χ0) is 13.0. The summed E-state index contributed by atoms with van der Waals surface area (Å²) < 4.78 is 0. The Bertz CT molecular complexity index is 349. The van der Waals surface area contributed by atoms with Crippen LogP contribution >= 0.6 is 0 Å². The molecular formula is C16H25NO. The molecule has 1 aliphatic rings. The number of hydrogen-bond donors (Lipinski definition) is 1. The molecule has 0 amide bonds. The summed E-state index contributed by atoms with van der Waals surface area (Å²) in [5.74, 6) is 0. The van der Waals surface area contributed by atoms with Crippen LogP contribution in [0.1, 0.15) is 38.7 Å². The molecule has 1 fully saturated rings. The van der Waals surface area contributed by atoms with Gasteiger partial charge in [0, 0.05) is 6.04 Å². The van der Waals surface area contributed by atoms with Crippen molar-refractivity contribution in [1.82, 2.24) is 4.90 Å². The lowest BCUT2D eigenvalue weighted by Gasteiger charge is -2.41. The molecule has 1 atom stereocenters. The first kappa shape index (κ1) is 13.6. The van der Waals surface area contributed by atoms with Gasteiger partial charge in [0.25, 0.3) is 0 Å². The lowest BCUT2D eigenvalue weighted by molar-refractivity contribution is -0.0261. The van der Waals surface area contributed by atoms with Crippen LogP contribution in [0.25, 0.3) is 0 Å². The molecular weight excluding hydrogens is 222 g/mol. The van der Waals surface area contributed by atoms with Gasteiger partial charge in [0.15, 0.2) is 0 Å². The summed E-state index contributed by atoms with van der Waals surface area (Å²) in [7, 11) is 0. The van der Waals surface area contributed by atoms with Crippen LogP contribution in [0, 0.1) is 0 Å². The van der Waals surface area contributed by atoms with E-state index in [2.05, 4.69) is 29.2 Å². The Balaban J connectivity index is 2.10. The van der Waals surface area contributed by atoms with Crippen LogP contribution in [0.5, 0.6) is 0 Å². The maximum atomic E-state index is 10.4. The molecule has 0 aliphatic carbocycles. The van der Waals surface area contributed by atoms with Crippen molar-refractivity contribution in [2.45, 2.75) is 51.2 Å². The van der Waals surface area contributed by atoms with Gasteiger partial charge in [-0.2, -0.15) is 0 Å². The van der Waals surface area contributed by atoms with Gasteiger partial charge < -0.3 is 5.11 Å². The molecule has 100 valence electrons. The Morgan fingerprint density at radius 3 is 2.28 bits per heavy atom. The highest BCUT2D eigenvalue weighted by Crippen LogP contribution is 2.23. The molecule has 1 N–H and O–H groups in total. The normalized spacial score (nSPS) is 19.7. The number of piperidine rings is 1. The highest BCUT2D eigenvalue weighted by atomic mass is 16.3. The summed E-state index contributed by atoms with van der Waals surface area (Å²) in [4.78, 5) is 2.47. The number of rotatable bonds is 4. The van der Waals surface area contributed by atoms with E-state index in [4.69, 9.17) is 0 Å². The van der Waals surface area contributed by atoms with Crippen LogP contribution in [0.2, 0.25) is 0 Å². The van der Waals surface area contributed by atoms with Gasteiger partial charge in [0.1, 0.15) is 0 Å². The van der Waals surface area contributed by atoms with E-state index in [1.807, 2.05) is 19.9 Å². The molecule has 18 heavy (non-hydrogen) atoms. The van der Waals surface area contributed by atoms with E-state index >= 15 is 0 Å². The van der Waals surface area contributed by atoms with Crippen molar-refractivity contribution in [3.05, 3.63) is 35.9 Å². The zero-order valence-corrected chi connectivity index (χ0v) is 11.6. The van der Waals surface area contributed by atoms with Crippen molar-refractivity contribution >= 4 is 0 Å². The molecule has 1 saturated heterocycles. The fourth-order valence-corrected chi connectivity index (χ4v) is 2.89. The summed E-state index contributed by atoms with van der Waals surface area (Å²) in [6, 6.07) is 10.7. The Morgan fingerprint density at radius 1 is 1.11 bits per heavy atom. The highest BCUT2D eigenvalue weighted by molar-refractivity contribution is 5.17. The third kappa shape index (κ3) is 3.56. The molecule has 0 bridgehead atoms. The second-order valence-corrected chi connectivity index (χ2v) is 5.96. The van der Waals surface area contributed by atoms with Crippen molar-refractivity contribution in [2.75, 3.05) is 13.1 Å². The fourth-order valence-electron chi connectivity index (χ4n) is 2.89. The van der Waals surface area contributed by atoms with Gasteiger partial charge in [0.05, 0.1) is 5.60 Å². The molecule has 0 radical (unpaired) electrons. The van der Waals surface area contributed by atoms with Crippen LogP contribution in [0.15, 0.2) is 30.3 Å². The first-order valence-corrected chi connectivity index (χ1v) is 7.08. The molecule has 0 aromatic heterocycles. The standard InChI is InChI=1S/C16H25NO/c1-16(2,18)15(17-11-7-4-8-12-17)13-14-9-5-3-6-10-14/h3,5-6,9-10,15,18H,4,7-8,11-13H2,1-2H3/t15-/m0/s1. The van der Waals surface area contributed by atoms with E-state index < -0.39 is 5.60 Å². The van der Waals surface area contributed by atoms with Crippen molar-refractivity contribution in [1.29, 1.82) is 0 Å². The fraction of sp³-hybridized carbons (Fsp3) is 0.625. The first-order chi connectivity index (χ1) is 8.57. The van der Waals surface area contributed by atoms with Crippen LogP contribution in [-0.2, 0) is 6.42 Å². The molecule has 1 aromatic carbocycles. The number of nitrogens with zero attached hydrogens (tertiary/aromatic N) is 1. The van der Waals surface area contributed by atoms with Gasteiger partial charge in [-0.25, -0.2) is 0 Å². The SMILES string of the molecule is CC(C)(O)[C@H](Cc1ccccc1)N1CCCCC1. The third-order valence-electron chi connectivity index (χ3n) is 3.92. The molecule has 1 heterocycles. The Kier molecular flexibility index (Phi) is 4.41. The zero-order valence-electron chi connectivity index (χ0n) is 11.6. The first-order valence-electron chi connectivity index (χ1n) is 7.08. The second-order valence-electron chi connectivity index (χ2n) is 5.96. The number of benzene rings is 1. The van der Waals surface area contributed by atoms with E-state index in [-0.39, 0.29) is 6.04 Å². The van der Waals surface area contributed by atoms with Gasteiger partial charge in [0.2, 0.25) is 0 Å². The minimum Gasteiger partial charge on any atom is -0.389 e. The van der Waals surface area contributed by atoms with Crippen molar-refractivity contribution in [2.24, 2.45) is 0 Å². The quantitative estimate of drug-likeness (QED) is 0.884. The van der Waals surface area contributed by atoms with E-state index in [1.54, 1.807) is 0 Å².